The second kappa shape index (κ2) is 7.28. The minimum Gasteiger partial charge on any atom is -0.479 e. The van der Waals surface area contributed by atoms with E-state index in [0.717, 1.165) is 10.8 Å². The van der Waals surface area contributed by atoms with Crippen LogP contribution in [-0.2, 0) is 14.8 Å². The molecule has 1 N–H and O–H groups in total. The first-order valence-corrected chi connectivity index (χ1v) is 9.70. The van der Waals surface area contributed by atoms with Crippen LogP contribution in [0.2, 0.25) is 0 Å². The van der Waals surface area contributed by atoms with Gasteiger partial charge < -0.3 is 9.84 Å². The van der Waals surface area contributed by atoms with E-state index in [4.69, 9.17) is 9.84 Å². The third kappa shape index (κ3) is 3.88. The van der Waals surface area contributed by atoms with E-state index < -0.39 is 22.1 Å². The summed E-state index contributed by atoms with van der Waals surface area (Å²) in [6, 6.07) is 18.8. The van der Waals surface area contributed by atoms with Gasteiger partial charge in [-0.05, 0) is 54.1 Å². The van der Waals surface area contributed by atoms with Gasteiger partial charge >= 0.3 is 5.97 Å². The summed E-state index contributed by atoms with van der Waals surface area (Å²) in [6.45, 7) is 1.42. The molecular formula is C20H19NO5S. The Hall–Kier alpha value is -3.06. The minimum absolute atomic E-state index is 0.198. The van der Waals surface area contributed by atoms with Crippen LogP contribution in [0.1, 0.15) is 6.92 Å². The number of carboxylic acid groups (broad SMARTS) is 1. The number of aliphatic carboxylic acids is 1. The number of hydrogen-bond acceptors (Lipinski definition) is 4. The maximum absolute atomic E-state index is 12.9. The molecule has 27 heavy (non-hydrogen) atoms. The number of carbonyl (C=O) groups is 1. The van der Waals surface area contributed by atoms with E-state index >= 15 is 0 Å². The zero-order valence-electron chi connectivity index (χ0n) is 14.9. The molecule has 1 atom stereocenters. The van der Waals surface area contributed by atoms with Crippen molar-refractivity contribution in [2.75, 3.05) is 11.4 Å². The van der Waals surface area contributed by atoms with Gasteiger partial charge in [-0.2, -0.15) is 0 Å². The highest BCUT2D eigenvalue weighted by atomic mass is 32.2. The zero-order chi connectivity index (χ0) is 19.6. The van der Waals surface area contributed by atoms with Crippen molar-refractivity contribution in [3.05, 3.63) is 66.7 Å². The second-order valence-electron chi connectivity index (χ2n) is 6.07. The van der Waals surface area contributed by atoms with Gasteiger partial charge in [0.2, 0.25) is 0 Å². The van der Waals surface area contributed by atoms with Gasteiger partial charge in [0, 0.05) is 7.05 Å². The quantitative estimate of drug-likeness (QED) is 0.702. The maximum Gasteiger partial charge on any atom is 0.344 e. The van der Waals surface area contributed by atoms with Gasteiger partial charge in [0.15, 0.2) is 6.10 Å². The van der Waals surface area contributed by atoms with E-state index in [9.17, 15) is 13.2 Å². The van der Waals surface area contributed by atoms with Crippen LogP contribution >= 0.6 is 0 Å². The van der Waals surface area contributed by atoms with Gasteiger partial charge in [0.05, 0.1) is 10.6 Å². The fourth-order valence-electron chi connectivity index (χ4n) is 2.61. The lowest BCUT2D eigenvalue weighted by Gasteiger charge is -2.20. The summed E-state index contributed by atoms with van der Waals surface area (Å²) in [5, 5.41) is 10.7. The predicted molar refractivity (Wildman–Crippen MR) is 104 cm³/mol. The van der Waals surface area contributed by atoms with Crippen LogP contribution in [0.15, 0.2) is 71.6 Å². The van der Waals surface area contributed by atoms with E-state index in [0.29, 0.717) is 11.4 Å². The Kier molecular flexibility index (Phi) is 5.05. The Bertz CT molecular complexity index is 1080. The van der Waals surface area contributed by atoms with Gasteiger partial charge in [0.25, 0.3) is 10.0 Å². The molecule has 0 radical (unpaired) electrons. The molecule has 3 aromatic carbocycles. The number of benzene rings is 3. The highest BCUT2D eigenvalue weighted by Gasteiger charge is 2.22. The summed E-state index contributed by atoms with van der Waals surface area (Å²) in [7, 11) is -2.26. The van der Waals surface area contributed by atoms with Gasteiger partial charge in [-0.15, -0.1) is 0 Å². The average molecular weight is 385 g/mol. The molecule has 0 spiro atoms. The van der Waals surface area contributed by atoms with Crippen molar-refractivity contribution < 1.29 is 23.1 Å². The Labute approximate surface area is 157 Å². The molecule has 0 aromatic heterocycles. The number of nitrogens with zero attached hydrogens (tertiary/aromatic N) is 1. The number of hydrogen-bond donors (Lipinski definition) is 1. The SMILES string of the molecule is CC(Oc1ccc(N(C)S(=O)(=O)c2ccc3ccccc3c2)cc1)C(=O)O. The molecule has 7 heteroatoms. The second-order valence-corrected chi connectivity index (χ2v) is 8.04. The standard InChI is InChI=1S/C20H19NO5S/c1-14(20(22)23)26-18-10-8-17(9-11-18)21(2)27(24,25)19-12-7-15-5-3-4-6-16(15)13-19/h3-14H,1-2H3,(H,22,23). The number of anilines is 1. The van der Waals surface area contributed by atoms with Crippen LogP contribution in [0.25, 0.3) is 10.8 Å². The summed E-state index contributed by atoms with van der Waals surface area (Å²) in [6.07, 6.45) is -0.991. The van der Waals surface area contributed by atoms with Gasteiger partial charge in [-0.3, -0.25) is 4.31 Å². The lowest BCUT2D eigenvalue weighted by Crippen LogP contribution is -2.26. The van der Waals surface area contributed by atoms with E-state index in [-0.39, 0.29) is 4.90 Å². The van der Waals surface area contributed by atoms with E-state index in [1.807, 2.05) is 24.3 Å². The Morgan fingerprint density at radius 3 is 2.26 bits per heavy atom. The largest absolute Gasteiger partial charge is 0.479 e. The molecule has 0 bridgehead atoms. The number of rotatable bonds is 6. The highest BCUT2D eigenvalue weighted by Crippen LogP contribution is 2.26. The Morgan fingerprint density at radius 1 is 1.00 bits per heavy atom. The molecule has 0 aliphatic carbocycles. The molecule has 3 rings (SSSR count). The molecule has 0 saturated heterocycles. The van der Waals surface area contributed by atoms with Crippen molar-refractivity contribution in [1.82, 2.24) is 0 Å². The third-order valence-electron chi connectivity index (χ3n) is 4.24. The topological polar surface area (TPSA) is 83.9 Å². The first-order chi connectivity index (χ1) is 12.8. The van der Waals surface area contributed by atoms with Crippen LogP contribution in [0.5, 0.6) is 5.75 Å². The van der Waals surface area contributed by atoms with E-state index in [1.54, 1.807) is 42.5 Å². The third-order valence-corrected chi connectivity index (χ3v) is 6.02. The molecule has 0 aliphatic heterocycles. The molecule has 0 heterocycles. The van der Waals surface area contributed by atoms with Gasteiger partial charge in [0.1, 0.15) is 5.75 Å². The molecule has 6 nitrogen and oxygen atoms in total. The normalized spacial score (nSPS) is 12.5. The van der Waals surface area contributed by atoms with Crippen LogP contribution in [0.4, 0.5) is 5.69 Å². The number of ether oxygens (including phenoxy) is 1. The van der Waals surface area contributed by atoms with Crippen molar-refractivity contribution in [3.8, 4) is 5.75 Å². The Balaban J connectivity index is 1.86. The molecule has 0 fully saturated rings. The van der Waals surface area contributed by atoms with Gasteiger partial charge in [-0.25, -0.2) is 13.2 Å². The lowest BCUT2D eigenvalue weighted by atomic mass is 10.1. The van der Waals surface area contributed by atoms with Crippen molar-refractivity contribution in [2.45, 2.75) is 17.9 Å². The molecule has 0 amide bonds. The molecule has 140 valence electrons. The summed E-state index contributed by atoms with van der Waals surface area (Å²) >= 11 is 0. The monoisotopic (exact) mass is 385 g/mol. The number of sulfonamides is 1. The van der Waals surface area contributed by atoms with Crippen molar-refractivity contribution in [2.24, 2.45) is 0 Å². The fraction of sp³-hybridized carbons (Fsp3) is 0.150. The van der Waals surface area contributed by atoms with Crippen LogP contribution in [-0.4, -0.2) is 32.6 Å². The highest BCUT2D eigenvalue weighted by molar-refractivity contribution is 7.92. The Morgan fingerprint density at radius 2 is 1.63 bits per heavy atom. The predicted octanol–water partition coefficient (Wildman–Crippen LogP) is 3.52. The molecule has 1 unspecified atom stereocenters. The molecule has 0 aliphatic rings. The summed E-state index contributed by atoms with van der Waals surface area (Å²) < 4.78 is 32.3. The van der Waals surface area contributed by atoms with Gasteiger partial charge in [-0.1, -0.05) is 30.3 Å². The van der Waals surface area contributed by atoms with Crippen LogP contribution in [0, 0.1) is 0 Å². The number of carboxylic acids is 1. The van der Waals surface area contributed by atoms with Crippen molar-refractivity contribution >= 4 is 32.5 Å². The number of fused-ring (bicyclic) bond motifs is 1. The first-order valence-electron chi connectivity index (χ1n) is 8.26. The smallest absolute Gasteiger partial charge is 0.344 e. The van der Waals surface area contributed by atoms with Crippen molar-refractivity contribution in [3.63, 3.8) is 0 Å². The first kappa shape index (κ1) is 18.7. The fourth-order valence-corrected chi connectivity index (χ4v) is 3.85. The van der Waals surface area contributed by atoms with Crippen molar-refractivity contribution in [1.29, 1.82) is 0 Å². The average Bonchev–Trinajstić information content (AvgIpc) is 2.67. The summed E-state index contributed by atoms with van der Waals surface area (Å²) in [4.78, 5) is 11.0. The lowest BCUT2D eigenvalue weighted by molar-refractivity contribution is -0.144. The molecule has 0 saturated carbocycles. The van der Waals surface area contributed by atoms with Crippen LogP contribution in [0.3, 0.4) is 0 Å². The molecule has 3 aromatic rings. The van der Waals surface area contributed by atoms with E-state index in [2.05, 4.69) is 0 Å². The zero-order valence-corrected chi connectivity index (χ0v) is 15.7. The summed E-state index contributed by atoms with van der Waals surface area (Å²) in [5.41, 5.74) is 0.443. The maximum atomic E-state index is 12.9. The summed E-state index contributed by atoms with van der Waals surface area (Å²) in [5.74, 6) is -0.722. The van der Waals surface area contributed by atoms with E-state index in [1.165, 1.54) is 18.3 Å². The minimum atomic E-state index is -3.73. The molecular weight excluding hydrogens is 366 g/mol. The van der Waals surface area contributed by atoms with Crippen LogP contribution < -0.4 is 9.04 Å².